The van der Waals surface area contributed by atoms with E-state index in [1.165, 1.54) is 6.20 Å². The van der Waals surface area contributed by atoms with Crippen LogP contribution in [-0.4, -0.2) is 11.9 Å². The number of hydrogen-bond donors (Lipinski definition) is 0. The third kappa shape index (κ3) is 5.27. The van der Waals surface area contributed by atoms with Gasteiger partial charge in [0.25, 0.3) is 0 Å². The Morgan fingerprint density at radius 3 is 2.45 bits per heavy atom. The van der Waals surface area contributed by atoms with Crippen LogP contribution in [0.4, 0.5) is 0 Å². The lowest BCUT2D eigenvalue weighted by Crippen LogP contribution is -1.84. The van der Waals surface area contributed by atoms with Crippen molar-refractivity contribution in [1.82, 2.24) is 0 Å². The molecule has 2 nitrogen and oxygen atoms in total. The summed E-state index contributed by atoms with van der Waals surface area (Å²) in [5.41, 5.74) is 1.87. The standard InChI is InChI=1S/C9H14N2/c1-5-10-8(3)7-9(4)11-6-2/h5-7H,1H2,2-4H3/b9-7-,10-8-,11-6+. The van der Waals surface area contributed by atoms with E-state index in [2.05, 4.69) is 16.6 Å². The molecule has 0 atom stereocenters. The van der Waals surface area contributed by atoms with Gasteiger partial charge in [0.2, 0.25) is 0 Å². The van der Waals surface area contributed by atoms with Gasteiger partial charge in [0.1, 0.15) is 0 Å². The van der Waals surface area contributed by atoms with Gasteiger partial charge in [-0.2, -0.15) is 0 Å². The molecule has 0 aliphatic rings. The summed E-state index contributed by atoms with van der Waals surface area (Å²) in [7, 11) is 0. The van der Waals surface area contributed by atoms with Gasteiger partial charge in [0.15, 0.2) is 0 Å². The van der Waals surface area contributed by atoms with Crippen molar-refractivity contribution >= 4 is 11.9 Å². The van der Waals surface area contributed by atoms with Gasteiger partial charge in [-0.15, -0.1) is 0 Å². The van der Waals surface area contributed by atoms with Crippen LogP contribution in [0.15, 0.2) is 34.5 Å². The van der Waals surface area contributed by atoms with Gasteiger partial charge in [-0.3, -0.25) is 9.98 Å². The SMILES string of the molecule is C=C\N=C(C)/C=C(C)\N=C\C. The van der Waals surface area contributed by atoms with E-state index < -0.39 is 0 Å². The molecule has 0 fully saturated rings. The van der Waals surface area contributed by atoms with Gasteiger partial charge in [-0.1, -0.05) is 6.58 Å². The molecule has 0 heterocycles. The molecule has 0 amide bonds. The Morgan fingerprint density at radius 2 is 2.00 bits per heavy atom. The summed E-state index contributed by atoms with van der Waals surface area (Å²) >= 11 is 0. The van der Waals surface area contributed by atoms with Gasteiger partial charge in [-0.05, 0) is 26.8 Å². The lowest BCUT2D eigenvalue weighted by molar-refractivity contribution is 1.32. The zero-order chi connectivity index (χ0) is 8.69. The average molecular weight is 150 g/mol. The van der Waals surface area contributed by atoms with Crippen LogP contribution in [0, 0.1) is 0 Å². The van der Waals surface area contributed by atoms with E-state index >= 15 is 0 Å². The Morgan fingerprint density at radius 1 is 1.36 bits per heavy atom. The highest BCUT2D eigenvalue weighted by atomic mass is 14.7. The van der Waals surface area contributed by atoms with Crippen molar-refractivity contribution in [3.63, 3.8) is 0 Å². The van der Waals surface area contributed by atoms with Crippen molar-refractivity contribution in [2.45, 2.75) is 20.8 Å². The second-order valence-electron chi connectivity index (χ2n) is 2.13. The molecule has 2 heteroatoms. The summed E-state index contributed by atoms with van der Waals surface area (Å²) in [6.45, 7) is 9.23. The van der Waals surface area contributed by atoms with Crippen LogP contribution >= 0.6 is 0 Å². The lowest BCUT2D eigenvalue weighted by atomic mass is 10.3. The van der Waals surface area contributed by atoms with Crippen LogP contribution in [0.5, 0.6) is 0 Å². The van der Waals surface area contributed by atoms with Crippen molar-refractivity contribution in [3.05, 3.63) is 24.6 Å². The molecule has 60 valence electrons. The van der Waals surface area contributed by atoms with Crippen LogP contribution in [0.1, 0.15) is 20.8 Å². The molecule has 0 N–H and O–H groups in total. The average Bonchev–Trinajstić information content (AvgIpc) is 1.87. The van der Waals surface area contributed by atoms with Crippen LogP contribution < -0.4 is 0 Å². The third-order valence-electron chi connectivity index (χ3n) is 1.05. The molecule has 0 saturated heterocycles. The molecular weight excluding hydrogens is 136 g/mol. The molecule has 0 radical (unpaired) electrons. The van der Waals surface area contributed by atoms with Crippen molar-refractivity contribution in [2.24, 2.45) is 9.98 Å². The highest BCUT2D eigenvalue weighted by molar-refractivity contribution is 5.93. The first-order valence-corrected chi connectivity index (χ1v) is 3.53. The summed E-state index contributed by atoms with van der Waals surface area (Å²) in [5.74, 6) is 0. The summed E-state index contributed by atoms with van der Waals surface area (Å²) in [6.07, 6.45) is 5.18. The summed E-state index contributed by atoms with van der Waals surface area (Å²) < 4.78 is 0. The van der Waals surface area contributed by atoms with Crippen molar-refractivity contribution < 1.29 is 0 Å². The van der Waals surface area contributed by atoms with Crippen LogP contribution in [0.3, 0.4) is 0 Å². The minimum Gasteiger partial charge on any atom is -0.266 e. The molecule has 0 aliphatic carbocycles. The maximum atomic E-state index is 4.07. The molecule has 0 spiro atoms. The normalized spacial score (nSPS) is 14.1. The maximum Gasteiger partial charge on any atom is 0.0390 e. The molecule has 0 rings (SSSR count). The minimum absolute atomic E-state index is 0.920. The second kappa shape index (κ2) is 5.59. The van der Waals surface area contributed by atoms with Gasteiger partial charge < -0.3 is 0 Å². The number of hydrogen-bond acceptors (Lipinski definition) is 2. The highest BCUT2D eigenvalue weighted by Gasteiger charge is 1.84. The van der Waals surface area contributed by atoms with E-state index in [1.54, 1.807) is 6.21 Å². The molecule has 0 saturated carbocycles. The Labute approximate surface area is 68.1 Å². The van der Waals surface area contributed by atoms with Crippen molar-refractivity contribution in [3.8, 4) is 0 Å². The summed E-state index contributed by atoms with van der Waals surface area (Å²) in [5, 5.41) is 0. The van der Waals surface area contributed by atoms with E-state index in [4.69, 9.17) is 0 Å². The first-order chi connectivity index (χ1) is 5.20. The minimum atomic E-state index is 0.920. The fourth-order valence-corrected chi connectivity index (χ4v) is 0.724. The number of rotatable bonds is 3. The zero-order valence-electron chi connectivity index (χ0n) is 7.33. The van der Waals surface area contributed by atoms with E-state index in [9.17, 15) is 0 Å². The monoisotopic (exact) mass is 150 g/mol. The zero-order valence-corrected chi connectivity index (χ0v) is 7.33. The Balaban J connectivity index is 4.29. The molecular formula is C9H14N2. The number of allylic oxidation sites excluding steroid dienone is 2. The molecule has 0 aromatic rings. The highest BCUT2D eigenvalue weighted by Crippen LogP contribution is 1.94. The summed E-state index contributed by atoms with van der Waals surface area (Å²) in [6, 6.07) is 0. The molecule has 0 aliphatic heterocycles. The van der Waals surface area contributed by atoms with Crippen LogP contribution in [0.25, 0.3) is 0 Å². The first-order valence-electron chi connectivity index (χ1n) is 3.53. The quantitative estimate of drug-likeness (QED) is 0.552. The first kappa shape index (κ1) is 9.82. The van der Waals surface area contributed by atoms with Gasteiger partial charge in [-0.25, -0.2) is 0 Å². The Bertz CT molecular complexity index is 210. The van der Waals surface area contributed by atoms with Gasteiger partial charge >= 0.3 is 0 Å². The lowest BCUT2D eigenvalue weighted by Gasteiger charge is -1.90. The largest absolute Gasteiger partial charge is 0.266 e. The van der Waals surface area contributed by atoms with E-state index in [0.29, 0.717) is 0 Å². The fraction of sp³-hybridized carbons (Fsp3) is 0.333. The van der Waals surface area contributed by atoms with Crippen molar-refractivity contribution in [2.75, 3.05) is 0 Å². The van der Waals surface area contributed by atoms with E-state index in [0.717, 1.165) is 11.4 Å². The van der Waals surface area contributed by atoms with E-state index in [-0.39, 0.29) is 0 Å². The Hall–Kier alpha value is -1.18. The van der Waals surface area contributed by atoms with Crippen molar-refractivity contribution in [1.29, 1.82) is 0 Å². The van der Waals surface area contributed by atoms with Crippen LogP contribution in [0.2, 0.25) is 0 Å². The smallest absolute Gasteiger partial charge is 0.0390 e. The molecule has 0 bridgehead atoms. The number of aliphatic imine (C=N–C) groups is 2. The Kier molecular flexibility index (Phi) is 4.99. The molecule has 0 unspecified atom stereocenters. The molecule has 11 heavy (non-hydrogen) atoms. The fourth-order valence-electron chi connectivity index (χ4n) is 0.724. The van der Waals surface area contributed by atoms with E-state index in [1.807, 2.05) is 26.8 Å². The molecule has 0 aromatic carbocycles. The van der Waals surface area contributed by atoms with Gasteiger partial charge in [0, 0.05) is 23.8 Å². The topological polar surface area (TPSA) is 24.7 Å². The number of nitrogens with zero attached hydrogens (tertiary/aromatic N) is 2. The summed E-state index contributed by atoms with van der Waals surface area (Å²) in [4.78, 5) is 8.04. The molecule has 0 aromatic heterocycles. The predicted octanol–water partition coefficient (Wildman–Crippen LogP) is 2.59. The maximum absolute atomic E-state index is 4.07. The second-order valence-corrected chi connectivity index (χ2v) is 2.13. The third-order valence-corrected chi connectivity index (χ3v) is 1.05. The predicted molar refractivity (Wildman–Crippen MR) is 51.2 cm³/mol. The van der Waals surface area contributed by atoms with Crippen LogP contribution in [-0.2, 0) is 0 Å². The van der Waals surface area contributed by atoms with Gasteiger partial charge in [0.05, 0.1) is 0 Å².